The molecule has 0 aromatic carbocycles. The second-order valence-electron chi connectivity index (χ2n) is 3.27. The van der Waals surface area contributed by atoms with Gasteiger partial charge < -0.3 is 9.63 Å². The highest BCUT2D eigenvalue weighted by Crippen LogP contribution is 2.37. The zero-order valence-electron chi connectivity index (χ0n) is 6.75. The summed E-state index contributed by atoms with van der Waals surface area (Å²) in [5.74, 6) is 1.13. The van der Waals surface area contributed by atoms with E-state index in [0.29, 0.717) is 10.5 Å². The summed E-state index contributed by atoms with van der Waals surface area (Å²) in [7, 11) is 0. The van der Waals surface area contributed by atoms with Gasteiger partial charge in [0.25, 0.3) is 0 Å². The Balaban J connectivity index is 2.45. The van der Waals surface area contributed by atoms with Crippen molar-refractivity contribution in [3.63, 3.8) is 0 Å². The number of nitrogens with zero attached hydrogens (tertiary/aromatic N) is 1. The Morgan fingerprint density at radius 2 is 2.42 bits per heavy atom. The van der Waals surface area contributed by atoms with Gasteiger partial charge in [0, 0.05) is 6.42 Å². The van der Waals surface area contributed by atoms with Crippen LogP contribution in [-0.2, 0) is 6.42 Å². The van der Waals surface area contributed by atoms with Gasteiger partial charge >= 0.3 is 0 Å². The third-order valence-electron chi connectivity index (χ3n) is 2.42. The van der Waals surface area contributed by atoms with Crippen molar-refractivity contribution in [1.29, 1.82) is 0 Å². The molecule has 0 saturated heterocycles. The summed E-state index contributed by atoms with van der Waals surface area (Å²) in [6.07, 6.45) is 1.43. The molecule has 1 N–H and O–H groups in total. The van der Waals surface area contributed by atoms with E-state index in [9.17, 15) is 5.11 Å². The van der Waals surface area contributed by atoms with Gasteiger partial charge in [-0.05, 0) is 28.3 Å². The maximum Gasteiger partial charge on any atom is 0.155 e. The van der Waals surface area contributed by atoms with Gasteiger partial charge in [-0.1, -0.05) is 12.1 Å². The summed E-state index contributed by atoms with van der Waals surface area (Å²) < 4.78 is 5.70. The van der Waals surface area contributed by atoms with Crippen LogP contribution in [0.15, 0.2) is 9.13 Å². The second-order valence-corrected chi connectivity index (χ2v) is 4.02. The summed E-state index contributed by atoms with van der Waals surface area (Å²) in [5, 5.41) is 13.5. The molecular formula is C8H10BrNO2. The smallest absolute Gasteiger partial charge is 0.155 e. The van der Waals surface area contributed by atoms with Gasteiger partial charge in [0.1, 0.15) is 5.76 Å². The van der Waals surface area contributed by atoms with Crippen molar-refractivity contribution in [3.05, 3.63) is 15.9 Å². The highest BCUT2D eigenvalue weighted by atomic mass is 79.9. The van der Waals surface area contributed by atoms with E-state index in [1.54, 1.807) is 0 Å². The first-order valence-electron chi connectivity index (χ1n) is 4.02. The van der Waals surface area contributed by atoms with E-state index in [1.807, 2.05) is 6.92 Å². The molecule has 0 bridgehead atoms. The van der Waals surface area contributed by atoms with Gasteiger partial charge in [0.05, 0.1) is 11.7 Å². The summed E-state index contributed by atoms with van der Waals surface area (Å²) in [6.45, 7) is 2.03. The van der Waals surface area contributed by atoms with Crippen LogP contribution in [0.1, 0.15) is 30.8 Å². The Morgan fingerprint density at radius 1 is 1.67 bits per heavy atom. The molecule has 1 aliphatic carbocycles. The first-order chi connectivity index (χ1) is 5.70. The molecule has 0 spiro atoms. The van der Waals surface area contributed by atoms with Crippen LogP contribution < -0.4 is 0 Å². The molecule has 1 aromatic rings. The normalized spacial score (nSPS) is 28.6. The number of aryl methyl sites for hydroxylation is 1. The minimum atomic E-state index is -0.422. The average molecular weight is 232 g/mol. The summed E-state index contributed by atoms with van der Waals surface area (Å²) >= 11 is 3.26. The molecule has 1 heterocycles. The molecular weight excluding hydrogens is 222 g/mol. The number of rotatable bonds is 0. The van der Waals surface area contributed by atoms with E-state index in [1.165, 1.54) is 0 Å². The molecule has 0 radical (unpaired) electrons. The summed E-state index contributed by atoms with van der Waals surface area (Å²) in [4.78, 5) is 0. The minimum Gasteiger partial charge on any atom is -0.388 e. The summed E-state index contributed by atoms with van der Waals surface area (Å²) in [6, 6.07) is 0. The molecule has 2 atom stereocenters. The van der Waals surface area contributed by atoms with E-state index in [2.05, 4.69) is 21.1 Å². The van der Waals surface area contributed by atoms with Gasteiger partial charge in [-0.2, -0.15) is 0 Å². The Bertz CT molecular complexity index is 297. The molecule has 12 heavy (non-hydrogen) atoms. The first-order valence-corrected chi connectivity index (χ1v) is 4.81. The number of fused-ring (bicyclic) bond motifs is 1. The van der Waals surface area contributed by atoms with Crippen LogP contribution in [-0.4, -0.2) is 10.3 Å². The number of hydrogen-bond acceptors (Lipinski definition) is 3. The highest BCUT2D eigenvalue weighted by Gasteiger charge is 2.30. The zero-order valence-corrected chi connectivity index (χ0v) is 8.34. The van der Waals surface area contributed by atoms with Crippen molar-refractivity contribution in [1.82, 2.24) is 5.16 Å². The van der Waals surface area contributed by atoms with Crippen LogP contribution in [0, 0.1) is 5.92 Å². The molecule has 1 aromatic heterocycles. The molecule has 0 fully saturated rings. The molecule has 0 amide bonds. The van der Waals surface area contributed by atoms with Crippen LogP contribution >= 0.6 is 15.9 Å². The number of halogens is 1. The fraction of sp³-hybridized carbons (Fsp3) is 0.625. The lowest BCUT2D eigenvalue weighted by Gasteiger charge is -2.22. The van der Waals surface area contributed by atoms with Crippen LogP contribution in [0.2, 0.25) is 0 Å². The van der Waals surface area contributed by atoms with Gasteiger partial charge in [0.15, 0.2) is 4.60 Å². The highest BCUT2D eigenvalue weighted by molar-refractivity contribution is 9.10. The van der Waals surface area contributed by atoms with Crippen molar-refractivity contribution in [2.45, 2.75) is 25.9 Å². The SMILES string of the molecule is CC1CCc2onc(Br)c2C1O. The topological polar surface area (TPSA) is 46.3 Å². The Kier molecular flexibility index (Phi) is 1.96. The largest absolute Gasteiger partial charge is 0.388 e. The number of aliphatic hydroxyl groups excluding tert-OH is 1. The van der Waals surface area contributed by atoms with Gasteiger partial charge in [-0.3, -0.25) is 0 Å². The first kappa shape index (κ1) is 8.26. The molecule has 0 aliphatic heterocycles. The van der Waals surface area contributed by atoms with Crippen LogP contribution in [0.3, 0.4) is 0 Å². The Morgan fingerprint density at radius 3 is 3.17 bits per heavy atom. The molecule has 2 unspecified atom stereocenters. The predicted octanol–water partition coefficient (Wildman–Crippen LogP) is 2.05. The second kappa shape index (κ2) is 2.85. The van der Waals surface area contributed by atoms with Crippen molar-refractivity contribution in [2.24, 2.45) is 5.92 Å². The number of aromatic nitrogens is 1. The monoisotopic (exact) mass is 231 g/mol. The van der Waals surface area contributed by atoms with Crippen molar-refractivity contribution in [2.75, 3.05) is 0 Å². The zero-order chi connectivity index (χ0) is 8.72. The predicted molar refractivity (Wildman–Crippen MR) is 46.6 cm³/mol. The third kappa shape index (κ3) is 1.10. The molecule has 66 valence electrons. The fourth-order valence-electron chi connectivity index (χ4n) is 1.58. The van der Waals surface area contributed by atoms with Gasteiger partial charge in [-0.25, -0.2) is 0 Å². The van der Waals surface area contributed by atoms with Crippen LogP contribution in [0.25, 0.3) is 0 Å². The lowest BCUT2D eigenvalue weighted by atomic mass is 9.87. The molecule has 4 heteroatoms. The summed E-state index contributed by atoms with van der Waals surface area (Å²) in [5.41, 5.74) is 0.841. The van der Waals surface area contributed by atoms with E-state index >= 15 is 0 Å². The van der Waals surface area contributed by atoms with E-state index in [-0.39, 0.29) is 0 Å². The van der Waals surface area contributed by atoms with Crippen LogP contribution in [0.4, 0.5) is 0 Å². The van der Waals surface area contributed by atoms with Crippen molar-refractivity contribution < 1.29 is 9.63 Å². The average Bonchev–Trinajstić information content (AvgIpc) is 2.41. The lowest BCUT2D eigenvalue weighted by molar-refractivity contribution is 0.0989. The fourth-order valence-corrected chi connectivity index (χ4v) is 2.11. The number of hydrogen-bond donors (Lipinski definition) is 1. The van der Waals surface area contributed by atoms with E-state index < -0.39 is 6.10 Å². The van der Waals surface area contributed by atoms with Gasteiger partial charge in [-0.15, -0.1) is 0 Å². The van der Waals surface area contributed by atoms with E-state index in [0.717, 1.165) is 24.2 Å². The lowest BCUT2D eigenvalue weighted by Crippen LogP contribution is -2.16. The molecule has 0 saturated carbocycles. The number of aliphatic hydroxyl groups is 1. The molecule has 1 aliphatic rings. The Labute approximate surface area is 78.9 Å². The van der Waals surface area contributed by atoms with Gasteiger partial charge in [0.2, 0.25) is 0 Å². The van der Waals surface area contributed by atoms with Crippen molar-refractivity contribution >= 4 is 15.9 Å². The molecule has 3 nitrogen and oxygen atoms in total. The molecule has 2 rings (SSSR count). The maximum absolute atomic E-state index is 9.77. The minimum absolute atomic E-state index is 0.299. The standard InChI is InChI=1S/C8H10BrNO2/c1-4-2-3-5-6(7(4)11)8(9)10-12-5/h4,7,11H,2-3H2,1H3. The van der Waals surface area contributed by atoms with E-state index in [4.69, 9.17) is 4.52 Å². The quantitative estimate of drug-likeness (QED) is 0.744. The van der Waals surface area contributed by atoms with Crippen LogP contribution in [0.5, 0.6) is 0 Å². The Hall–Kier alpha value is -0.350. The van der Waals surface area contributed by atoms with Crippen molar-refractivity contribution in [3.8, 4) is 0 Å². The maximum atomic E-state index is 9.77. The third-order valence-corrected chi connectivity index (χ3v) is 2.99.